The molecular formula is C12H10F3N3O. The lowest BCUT2D eigenvalue weighted by atomic mass is 10.1. The zero-order chi connectivity index (χ0) is 13.9. The fraction of sp³-hybridized carbons (Fsp3) is 0.167. The van der Waals surface area contributed by atoms with E-state index < -0.39 is 6.36 Å². The van der Waals surface area contributed by atoms with E-state index in [9.17, 15) is 13.2 Å². The number of nitrogens with one attached hydrogen (secondary N) is 1. The molecule has 0 atom stereocenters. The Labute approximate surface area is 107 Å². The number of halogens is 3. The van der Waals surface area contributed by atoms with E-state index in [4.69, 9.17) is 0 Å². The van der Waals surface area contributed by atoms with E-state index in [1.165, 1.54) is 36.7 Å². The second kappa shape index (κ2) is 5.13. The lowest BCUT2D eigenvalue weighted by Gasteiger charge is -2.10. The first-order valence-electron chi connectivity index (χ1n) is 5.34. The van der Waals surface area contributed by atoms with E-state index in [2.05, 4.69) is 20.0 Å². The summed E-state index contributed by atoms with van der Waals surface area (Å²) in [6, 6.07) is 5.45. The highest BCUT2D eigenvalue weighted by atomic mass is 19.4. The number of anilines is 1. The molecule has 0 aliphatic heterocycles. The third kappa shape index (κ3) is 3.34. The van der Waals surface area contributed by atoms with Crippen LogP contribution in [0, 0.1) is 0 Å². The quantitative estimate of drug-likeness (QED) is 0.930. The molecule has 0 saturated heterocycles. The minimum absolute atomic E-state index is 0.272. The molecule has 19 heavy (non-hydrogen) atoms. The number of benzene rings is 1. The van der Waals surface area contributed by atoms with Crippen molar-refractivity contribution in [2.75, 3.05) is 12.4 Å². The maximum absolute atomic E-state index is 12.0. The minimum Gasteiger partial charge on any atom is -0.406 e. The largest absolute Gasteiger partial charge is 0.573 e. The summed E-state index contributed by atoms with van der Waals surface area (Å²) in [4.78, 5) is 8.21. The van der Waals surface area contributed by atoms with E-state index in [0.717, 1.165) is 0 Å². The number of hydrogen-bond acceptors (Lipinski definition) is 4. The predicted molar refractivity (Wildman–Crippen MR) is 63.7 cm³/mol. The Morgan fingerprint density at radius 1 is 1.05 bits per heavy atom. The molecule has 0 saturated carbocycles. The summed E-state index contributed by atoms with van der Waals surface area (Å²) in [6.45, 7) is 0. The molecule has 1 aromatic carbocycles. The summed E-state index contributed by atoms with van der Waals surface area (Å²) in [6.07, 6.45) is -1.66. The molecule has 1 heterocycles. The molecule has 100 valence electrons. The molecule has 0 amide bonds. The average Bonchev–Trinajstić information content (AvgIpc) is 2.38. The molecule has 1 aromatic heterocycles. The molecular weight excluding hydrogens is 259 g/mol. The lowest BCUT2D eigenvalue weighted by molar-refractivity contribution is -0.274. The van der Waals surface area contributed by atoms with E-state index in [1.54, 1.807) is 7.05 Å². The fourth-order valence-electron chi connectivity index (χ4n) is 1.55. The highest BCUT2D eigenvalue weighted by Gasteiger charge is 2.30. The number of rotatable bonds is 3. The number of alkyl halides is 3. The molecule has 0 fully saturated rings. The van der Waals surface area contributed by atoms with Gasteiger partial charge in [-0.2, -0.15) is 0 Å². The van der Waals surface area contributed by atoms with Crippen LogP contribution in [-0.4, -0.2) is 23.4 Å². The van der Waals surface area contributed by atoms with Gasteiger partial charge >= 0.3 is 6.36 Å². The number of nitrogens with zero attached hydrogens (tertiary/aromatic N) is 2. The van der Waals surface area contributed by atoms with Crippen molar-refractivity contribution in [3.05, 3.63) is 36.7 Å². The van der Waals surface area contributed by atoms with E-state index >= 15 is 0 Å². The number of hydrogen-bond donors (Lipinski definition) is 1. The van der Waals surface area contributed by atoms with Crippen LogP contribution in [0.1, 0.15) is 0 Å². The van der Waals surface area contributed by atoms with E-state index in [1.807, 2.05) is 0 Å². The molecule has 2 aromatic rings. The summed E-state index contributed by atoms with van der Waals surface area (Å²) in [5.74, 6) is 0.276. The molecule has 7 heteroatoms. The van der Waals surface area contributed by atoms with Crippen molar-refractivity contribution in [3.8, 4) is 17.0 Å². The predicted octanol–water partition coefficient (Wildman–Crippen LogP) is 3.08. The van der Waals surface area contributed by atoms with Gasteiger partial charge in [-0.15, -0.1) is 13.2 Å². The van der Waals surface area contributed by atoms with Crippen LogP contribution in [-0.2, 0) is 0 Å². The second-order valence-corrected chi connectivity index (χ2v) is 3.58. The van der Waals surface area contributed by atoms with Crippen LogP contribution in [0.4, 0.5) is 19.0 Å². The normalized spacial score (nSPS) is 11.2. The Bertz CT molecular complexity index is 555. The Balaban J connectivity index is 2.27. The van der Waals surface area contributed by atoms with E-state index in [0.29, 0.717) is 17.1 Å². The smallest absolute Gasteiger partial charge is 0.406 e. The summed E-state index contributed by atoms with van der Waals surface area (Å²) in [7, 11) is 1.69. The molecule has 0 aliphatic carbocycles. The minimum atomic E-state index is -4.69. The highest BCUT2D eigenvalue weighted by molar-refractivity contribution is 5.71. The molecule has 2 rings (SSSR count). The Morgan fingerprint density at radius 2 is 1.68 bits per heavy atom. The van der Waals surface area contributed by atoms with Gasteiger partial charge in [0.15, 0.2) is 5.82 Å². The maximum atomic E-state index is 12.0. The first-order valence-corrected chi connectivity index (χ1v) is 5.34. The SMILES string of the molecule is CNc1nccnc1-c1ccc(OC(F)(F)F)cc1. The van der Waals surface area contributed by atoms with Crippen LogP contribution in [0.15, 0.2) is 36.7 Å². The number of aromatic nitrogens is 2. The van der Waals surface area contributed by atoms with Gasteiger partial charge in [-0.25, -0.2) is 4.98 Å². The van der Waals surface area contributed by atoms with Crippen molar-refractivity contribution in [2.24, 2.45) is 0 Å². The zero-order valence-corrected chi connectivity index (χ0v) is 9.90. The van der Waals surface area contributed by atoms with Crippen molar-refractivity contribution in [3.63, 3.8) is 0 Å². The highest BCUT2D eigenvalue weighted by Crippen LogP contribution is 2.27. The molecule has 0 bridgehead atoms. The Hall–Kier alpha value is -2.31. The van der Waals surface area contributed by atoms with Crippen LogP contribution in [0.25, 0.3) is 11.3 Å². The molecule has 0 unspecified atom stereocenters. The van der Waals surface area contributed by atoms with Crippen molar-refractivity contribution >= 4 is 5.82 Å². The van der Waals surface area contributed by atoms with Gasteiger partial charge in [0.25, 0.3) is 0 Å². The Morgan fingerprint density at radius 3 is 2.26 bits per heavy atom. The van der Waals surface area contributed by atoms with E-state index in [-0.39, 0.29) is 5.75 Å². The van der Waals surface area contributed by atoms with Crippen LogP contribution in [0.5, 0.6) is 5.75 Å². The Kier molecular flexibility index (Phi) is 3.55. The van der Waals surface area contributed by atoms with Gasteiger partial charge in [-0.1, -0.05) is 0 Å². The third-order valence-electron chi connectivity index (χ3n) is 2.30. The van der Waals surface area contributed by atoms with Crippen LogP contribution < -0.4 is 10.1 Å². The molecule has 0 spiro atoms. The second-order valence-electron chi connectivity index (χ2n) is 3.58. The first-order chi connectivity index (χ1) is 8.99. The van der Waals surface area contributed by atoms with Gasteiger partial charge in [0.1, 0.15) is 11.4 Å². The summed E-state index contributed by atoms with van der Waals surface area (Å²) >= 11 is 0. The topological polar surface area (TPSA) is 47.0 Å². The van der Waals surface area contributed by atoms with Gasteiger partial charge in [0.05, 0.1) is 0 Å². The van der Waals surface area contributed by atoms with Crippen molar-refractivity contribution < 1.29 is 17.9 Å². The first kappa shape index (κ1) is 13.1. The van der Waals surface area contributed by atoms with Crippen LogP contribution in [0.2, 0.25) is 0 Å². The monoisotopic (exact) mass is 269 g/mol. The van der Waals surface area contributed by atoms with Gasteiger partial charge in [-0.05, 0) is 24.3 Å². The van der Waals surface area contributed by atoms with Crippen LogP contribution >= 0.6 is 0 Å². The zero-order valence-electron chi connectivity index (χ0n) is 9.90. The van der Waals surface area contributed by atoms with Crippen molar-refractivity contribution in [2.45, 2.75) is 6.36 Å². The van der Waals surface area contributed by atoms with Crippen LogP contribution in [0.3, 0.4) is 0 Å². The third-order valence-corrected chi connectivity index (χ3v) is 2.30. The van der Waals surface area contributed by atoms with Crippen molar-refractivity contribution in [1.29, 1.82) is 0 Å². The summed E-state index contributed by atoms with van der Waals surface area (Å²) in [5.41, 5.74) is 1.20. The van der Waals surface area contributed by atoms with Gasteiger partial charge in [-0.3, -0.25) is 4.98 Å². The number of ether oxygens (including phenoxy) is 1. The molecule has 0 aliphatic rings. The maximum Gasteiger partial charge on any atom is 0.573 e. The summed E-state index contributed by atoms with van der Waals surface area (Å²) in [5, 5.41) is 2.86. The van der Waals surface area contributed by atoms with Gasteiger partial charge in [0, 0.05) is 25.0 Å². The molecule has 1 N–H and O–H groups in total. The van der Waals surface area contributed by atoms with Gasteiger partial charge in [0.2, 0.25) is 0 Å². The average molecular weight is 269 g/mol. The molecule has 0 radical (unpaired) electrons. The van der Waals surface area contributed by atoms with Crippen molar-refractivity contribution in [1.82, 2.24) is 9.97 Å². The van der Waals surface area contributed by atoms with Gasteiger partial charge < -0.3 is 10.1 Å². The standard InChI is InChI=1S/C12H10F3N3O/c1-16-11-10(17-6-7-18-11)8-2-4-9(5-3-8)19-12(13,14)15/h2-7H,1H3,(H,16,18). The fourth-order valence-corrected chi connectivity index (χ4v) is 1.55. The summed E-state index contributed by atoms with van der Waals surface area (Å²) < 4.78 is 39.9. The molecule has 4 nitrogen and oxygen atoms in total. The lowest BCUT2D eigenvalue weighted by Crippen LogP contribution is -2.16.